The van der Waals surface area contributed by atoms with Crippen molar-refractivity contribution < 1.29 is 9.84 Å². The van der Waals surface area contributed by atoms with E-state index in [1.807, 2.05) is 26.4 Å². The Hall–Kier alpha value is -0.870. The molecule has 0 amide bonds. The normalized spacial score (nSPS) is 27.2. The zero-order chi connectivity index (χ0) is 11.6. The van der Waals surface area contributed by atoms with Crippen LogP contribution >= 0.6 is 0 Å². The standard InChI is InChI=1S/C12H20N2O2/c1-12(6-3-7-16-12)11(15)5-4-10-8-13-14(2)9-10/h8-9,11,15H,3-7H2,1-2H3. The molecule has 90 valence electrons. The van der Waals surface area contributed by atoms with Crippen LogP contribution in [0.5, 0.6) is 0 Å². The van der Waals surface area contributed by atoms with Gasteiger partial charge in [-0.3, -0.25) is 4.68 Å². The first-order valence-corrected chi connectivity index (χ1v) is 5.90. The minimum atomic E-state index is -0.379. The number of hydrogen-bond donors (Lipinski definition) is 1. The molecule has 0 saturated carbocycles. The second-order valence-electron chi connectivity index (χ2n) is 4.84. The molecule has 1 aromatic heterocycles. The van der Waals surface area contributed by atoms with Crippen LogP contribution in [-0.4, -0.2) is 33.2 Å². The van der Waals surface area contributed by atoms with Gasteiger partial charge in [0.25, 0.3) is 0 Å². The molecule has 4 nitrogen and oxygen atoms in total. The average Bonchev–Trinajstić information content (AvgIpc) is 2.85. The van der Waals surface area contributed by atoms with E-state index < -0.39 is 0 Å². The van der Waals surface area contributed by atoms with Crippen LogP contribution in [0.25, 0.3) is 0 Å². The lowest BCUT2D eigenvalue weighted by Crippen LogP contribution is -2.38. The van der Waals surface area contributed by atoms with E-state index in [2.05, 4.69) is 5.10 Å². The summed E-state index contributed by atoms with van der Waals surface area (Å²) in [4.78, 5) is 0. The predicted molar refractivity (Wildman–Crippen MR) is 61.1 cm³/mol. The lowest BCUT2D eigenvalue weighted by Gasteiger charge is -2.29. The Labute approximate surface area is 96.2 Å². The zero-order valence-electron chi connectivity index (χ0n) is 10.0. The van der Waals surface area contributed by atoms with Gasteiger partial charge < -0.3 is 9.84 Å². The topological polar surface area (TPSA) is 47.3 Å². The molecule has 0 spiro atoms. The molecular weight excluding hydrogens is 204 g/mol. The first kappa shape index (κ1) is 11.6. The third kappa shape index (κ3) is 2.44. The highest BCUT2D eigenvalue weighted by Gasteiger charge is 2.36. The molecule has 0 aliphatic carbocycles. The molecule has 1 saturated heterocycles. The number of aryl methyl sites for hydroxylation is 2. The first-order valence-electron chi connectivity index (χ1n) is 5.90. The third-order valence-corrected chi connectivity index (χ3v) is 3.42. The highest BCUT2D eigenvalue weighted by Crippen LogP contribution is 2.30. The molecule has 1 fully saturated rings. The summed E-state index contributed by atoms with van der Waals surface area (Å²) >= 11 is 0. The Morgan fingerprint density at radius 3 is 3.06 bits per heavy atom. The van der Waals surface area contributed by atoms with E-state index in [1.54, 1.807) is 4.68 Å². The molecule has 2 unspecified atom stereocenters. The van der Waals surface area contributed by atoms with Gasteiger partial charge in [-0.2, -0.15) is 5.10 Å². The third-order valence-electron chi connectivity index (χ3n) is 3.42. The Kier molecular flexibility index (Phi) is 3.30. The van der Waals surface area contributed by atoms with Gasteiger partial charge in [-0.25, -0.2) is 0 Å². The van der Waals surface area contributed by atoms with Gasteiger partial charge >= 0.3 is 0 Å². The molecule has 16 heavy (non-hydrogen) atoms. The minimum absolute atomic E-state index is 0.331. The lowest BCUT2D eigenvalue weighted by atomic mass is 9.91. The molecule has 1 aliphatic heterocycles. The highest BCUT2D eigenvalue weighted by atomic mass is 16.5. The minimum Gasteiger partial charge on any atom is -0.390 e. The van der Waals surface area contributed by atoms with Crippen LogP contribution in [0.3, 0.4) is 0 Å². The monoisotopic (exact) mass is 224 g/mol. The van der Waals surface area contributed by atoms with Gasteiger partial charge in [-0.15, -0.1) is 0 Å². The molecular formula is C12H20N2O2. The molecule has 1 aliphatic rings. The van der Waals surface area contributed by atoms with Crippen molar-refractivity contribution in [2.75, 3.05) is 6.61 Å². The number of aliphatic hydroxyl groups excluding tert-OH is 1. The van der Waals surface area contributed by atoms with Crippen LogP contribution in [0, 0.1) is 0 Å². The fraction of sp³-hybridized carbons (Fsp3) is 0.750. The van der Waals surface area contributed by atoms with E-state index in [4.69, 9.17) is 4.74 Å². The second-order valence-corrected chi connectivity index (χ2v) is 4.84. The van der Waals surface area contributed by atoms with E-state index in [0.29, 0.717) is 0 Å². The van der Waals surface area contributed by atoms with Crippen LogP contribution in [0.15, 0.2) is 12.4 Å². The van der Waals surface area contributed by atoms with Crippen molar-refractivity contribution in [2.45, 2.75) is 44.3 Å². The lowest BCUT2D eigenvalue weighted by molar-refractivity contribution is -0.0800. The summed E-state index contributed by atoms with van der Waals surface area (Å²) in [5, 5.41) is 14.2. The van der Waals surface area contributed by atoms with E-state index in [0.717, 1.165) is 32.3 Å². The molecule has 2 atom stereocenters. The van der Waals surface area contributed by atoms with E-state index in [-0.39, 0.29) is 11.7 Å². The first-order chi connectivity index (χ1) is 7.60. The van der Waals surface area contributed by atoms with Crippen molar-refractivity contribution in [3.05, 3.63) is 18.0 Å². The largest absolute Gasteiger partial charge is 0.390 e. The van der Waals surface area contributed by atoms with E-state index >= 15 is 0 Å². The van der Waals surface area contributed by atoms with Crippen LogP contribution in [-0.2, 0) is 18.2 Å². The Morgan fingerprint density at radius 1 is 1.69 bits per heavy atom. The number of rotatable bonds is 4. The summed E-state index contributed by atoms with van der Waals surface area (Å²) in [6.45, 7) is 2.79. The second kappa shape index (κ2) is 4.55. The summed E-state index contributed by atoms with van der Waals surface area (Å²) in [7, 11) is 1.90. The SMILES string of the molecule is Cn1cc(CCC(O)C2(C)CCCO2)cn1. The molecule has 1 N–H and O–H groups in total. The summed E-state index contributed by atoms with van der Waals surface area (Å²) in [5.74, 6) is 0. The molecule has 0 aromatic carbocycles. The number of hydrogen-bond acceptors (Lipinski definition) is 3. The van der Waals surface area contributed by atoms with Crippen molar-refractivity contribution in [3.8, 4) is 0 Å². The summed E-state index contributed by atoms with van der Waals surface area (Å²) in [5.41, 5.74) is 0.838. The van der Waals surface area contributed by atoms with Crippen molar-refractivity contribution in [2.24, 2.45) is 7.05 Å². The summed E-state index contributed by atoms with van der Waals surface area (Å²) in [6.07, 6.45) is 7.07. The molecule has 1 aromatic rings. The maximum Gasteiger partial charge on any atom is 0.0913 e. The van der Waals surface area contributed by atoms with Crippen LogP contribution < -0.4 is 0 Å². The smallest absolute Gasteiger partial charge is 0.0913 e. The van der Waals surface area contributed by atoms with Crippen molar-refractivity contribution >= 4 is 0 Å². The van der Waals surface area contributed by atoms with Crippen LogP contribution in [0.2, 0.25) is 0 Å². The Balaban J connectivity index is 1.85. The van der Waals surface area contributed by atoms with Crippen LogP contribution in [0.4, 0.5) is 0 Å². The number of aliphatic hydroxyl groups is 1. The average molecular weight is 224 g/mol. The maximum absolute atomic E-state index is 10.1. The number of ether oxygens (including phenoxy) is 1. The van der Waals surface area contributed by atoms with Gasteiger partial charge in [-0.1, -0.05) is 0 Å². The Bertz CT molecular complexity index is 343. The molecule has 0 bridgehead atoms. The molecule has 2 rings (SSSR count). The van der Waals surface area contributed by atoms with Crippen LogP contribution in [0.1, 0.15) is 31.7 Å². The van der Waals surface area contributed by atoms with Gasteiger partial charge in [-0.05, 0) is 38.2 Å². The number of nitrogens with zero attached hydrogens (tertiary/aromatic N) is 2. The summed E-state index contributed by atoms with van der Waals surface area (Å²) in [6, 6.07) is 0. The molecule has 0 radical (unpaired) electrons. The maximum atomic E-state index is 10.1. The highest BCUT2D eigenvalue weighted by molar-refractivity contribution is 5.04. The fourth-order valence-corrected chi connectivity index (χ4v) is 2.27. The Morgan fingerprint density at radius 2 is 2.50 bits per heavy atom. The van der Waals surface area contributed by atoms with Gasteiger partial charge in [0.15, 0.2) is 0 Å². The van der Waals surface area contributed by atoms with Gasteiger partial charge in [0.2, 0.25) is 0 Å². The van der Waals surface area contributed by atoms with Crippen molar-refractivity contribution in [1.29, 1.82) is 0 Å². The van der Waals surface area contributed by atoms with Crippen molar-refractivity contribution in [1.82, 2.24) is 9.78 Å². The van der Waals surface area contributed by atoms with E-state index in [1.165, 1.54) is 5.56 Å². The van der Waals surface area contributed by atoms with Crippen molar-refractivity contribution in [3.63, 3.8) is 0 Å². The van der Waals surface area contributed by atoms with Gasteiger partial charge in [0.05, 0.1) is 17.9 Å². The summed E-state index contributed by atoms with van der Waals surface area (Å²) < 4.78 is 7.41. The zero-order valence-corrected chi connectivity index (χ0v) is 10.0. The predicted octanol–water partition coefficient (Wildman–Crippen LogP) is 1.28. The quantitative estimate of drug-likeness (QED) is 0.838. The number of aromatic nitrogens is 2. The fourth-order valence-electron chi connectivity index (χ4n) is 2.27. The van der Waals surface area contributed by atoms with Gasteiger partial charge in [0, 0.05) is 19.9 Å². The van der Waals surface area contributed by atoms with E-state index in [9.17, 15) is 5.11 Å². The molecule has 2 heterocycles. The van der Waals surface area contributed by atoms with Gasteiger partial charge in [0.1, 0.15) is 0 Å². The molecule has 4 heteroatoms.